The average Bonchev–Trinajstić information content (AvgIpc) is 3.05. The fraction of sp³-hybridized carbons (Fsp3) is 0.0625. The molecule has 110 valence electrons. The molecule has 0 saturated heterocycles. The molecule has 0 aliphatic rings. The number of pyridine rings is 1. The Morgan fingerprint density at radius 2 is 2.05 bits per heavy atom. The van der Waals surface area contributed by atoms with Gasteiger partial charge in [0.05, 0.1) is 5.69 Å². The molecule has 3 aromatic rings. The Hall–Kier alpha value is -2.66. The number of rotatable bonds is 4. The number of carbonyl (C=O) groups excluding carboxylic acids is 1. The van der Waals surface area contributed by atoms with Gasteiger partial charge < -0.3 is 5.32 Å². The zero-order chi connectivity index (χ0) is 15.4. The molecule has 0 aliphatic carbocycles. The van der Waals surface area contributed by atoms with Crippen LogP contribution in [0.3, 0.4) is 0 Å². The van der Waals surface area contributed by atoms with Gasteiger partial charge in [-0.25, -0.2) is 0 Å². The van der Waals surface area contributed by atoms with Crippen molar-refractivity contribution in [2.75, 3.05) is 0 Å². The molecule has 5 nitrogen and oxygen atoms in total. The maximum absolute atomic E-state index is 12.1. The summed E-state index contributed by atoms with van der Waals surface area (Å²) in [5.74, 6) is -0.211. The van der Waals surface area contributed by atoms with E-state index in [2.05, 4.69) is 20.5 Å². The van der Waals surface area contributed by atoms with E-state index in [0.29, 0.717) is 23.0 Å². The first-order valence-corrected chi connectivity index (χ1v) is 7.08. The standard InChI is InChI=1S/C16H13ClN4O/c17-13-5-3-11(4-6-13)9-19-16(22)15-8-14(20-21-15)12-2-1-7-18-10-12/h1-8,10H,9H2,(H,19,22)(H,20,21). The van der Waals surface area contributed by atoms with E-state index in [0.717, 1.165) is 11.1 Å². The summed E-state index contributed by atoms with van der Waals surface area (Å²) in [7, 11) is 0. The fourth-order valence-corrected chi connectivity index (χ4v) is 2.11. The molecule has 0 fully saturated rings. The molecule has 0 spiro atoms. The molecule has 6 heteroatoms. The molecule has 2 aromatic heterocycles. The summed E-state index contributed by atoms with van der Waals surface area (Å²) in [4.78, 5) is 16.1. The number of carbonyl (C=O) groups is 1. The zero-order valence-corrected chi connectivity index (χ0v) is 12.3. The smallest absolute Gasteiger partial charge is 0.269 e. The fourth-order valence-electron chi connectivity index (χ4n) is 1.98. The van der Waals surface area contributed by atoms with E-state index in [1.165, 1.54) is 0 Å². The van der Waals surface area contributed by atoms with Crippen LogP contribution >= 0.6 is 11.6 Å². The lowest BCUT2D eigenvalue weighted by Crippen LogP contribution is -2.23. The molecular formula is C16H13ClN4O. The van der Waals surface area contributed by atoms with Crippen LogP contribution < -0.4 is 5.32 Å². The number of aromatic nitrogens is 3. The number of halogens is 1. The molecule has 1 amide bonds. The first-order chi connectivity index (χ1) is 10.7. The Balaban J connectivity index is 1.66. The Morgan fingerprint density at radius 1 is 1.23 bits per heavy atom. The summed E-state index contributed by atoms with van der Waals surface area (Å²) in [5.41, 5.74) is 2.93. The summed E-state index contributed by atoms with van der Waals surface area (Å²) < 4.78 is 0. The number of aromatic amines is 1. The van der Waals surface area contributed by atoms with E-state index >= 15 is 0 Å². The van der Waals surface area contributed by atoms with Gasteiger partial charge in [0.15, 0.2) is 0 Å². The Labute approximate surface area is 132 Å². The van der Waals surface area contributed by atoms with Crippen LogP contribution in [0.2, 0.25) is 5.02 Å². The molecule has 22 heavy (non-hydrogen) atoms. The van der Waals surface area contributed by atoms with Crippen molar-refractivity contribution in [2.45, 2.75) is 6.54 Å². The first kappa shape index (κ1) is 14.3. The SMILES string of the molecule is O=C(NCc1ccc(Cl)cc1)c1cc(-c2cccnc2)n[nH]1. The predicted molar refractivity (Wildman–Crippen MR) is 84.4 cm³/mol. The molecule has 0 aliphatic heterocycles. The van der Waals surface area contributed by atoms with Crippen molar-refractivity contribution in [1.82, 2.24) is 20.5 Å². The predicted octanol–water partition coefficient (Wildman–Crippen LogP) is 3.06. The molecule has 0 unspecified atom stereocenters. The van der Waals surface area contributed by atoms with Gasteiger partial charge >= 0.3 is 0 Å². The van der Waals surface area contributed by atoms with Gasteiger partial charge in [0.25, 0.3) is 5.91 Å². The number of hydrogen-bond donors (Lipinski definition) is 2. The lowest BCUT2D eigenvalue weighted by atomic mass is 10.2. The van der Waals surface area contributed by atoms with Crippen molar-refractivity contribution in [3.8, 4) is 11.3 Å². The van der Waals surface area contributed by atoms with Crippen molar-refractivity contribution < 1.29 is 4.79 Å². The second-order valence-electron chi connectivity index (χ2n) is 4.72. The molecule has 0 bridgehead atoms. The van der Waals surface area contributed by atoms with Gasteiger partial charge in [-0.05, 0) is 35.9 Å². The van der Waals surface area contributed by atoms with Crippen LogP contribution in [0.4, 0.5) is 0 Å². The largest absolute Gasteiger partial charge is 0.347 e. The first-order valence-electron chi connectivity index (χ1n) is 6.71. The normalized spacial score (nSPS) is 10.4. The molecule has 1 aromatic carbocycles. The molecule has 2 N–H and O–H groups in total. The van der Waals surface area contributed by atoms with E-state index in [9.17, 15) is 4.79 Å². The molecule has 2 heterocycles. The van der Waals surface area contributed by atoms with Crippen molar-refractivity contribution in [1.29, 1.82) is 0 Å². The van der Waals surface area contributed by atoms with Gasteiger partial charge in [0.2, 0.25) is 0 Å². The quantitative estimate of drug-likeness (QED) is 0.778. The van der Waals surface area contributed by atoms with Crippen molar-refractivity contribution in [2.24, 2.45) is 0 Å². The van der Waals surface area contributed by atoms with E-state index in [1.807, 2.05) is 24.3 Å². The number of nitrogens with one attached hydrogen (secondary N) is 2. The van der Waals surface area contributed by atoms with Gasteiger partial charge in [0, 0.05) is 29.5 Å². The monoisotopic (exact) mass is 312 g/mol. The third-order valence-corrected chi connectivity index (χ3v) is 3.40. The molecular weight excluding hydrogens is 300 g/mol. The second-order valence-corrected chi connectivity index (χ2v) is 5.15. The summed E-state index contributed by atoms with van der Waals surface area (Å²) in [5, 5.41) is 10.4. The third-order valence-electron chi connectivity index (χ3n) is 3.15. The van der Waals surface area contributed by atoms with Gasteiger partial charge in [0.1, 0.15) is 5.69 Å². The Kier molecular flexibility index (Phi) is 4.16. The highest BCUT2D eigenvalue weighted by Crippen LogP contribution is 2.16. The number of amides is 1. The topological polar surface area (TPSA) is 70.7 Å². The minimum Gasteiger partial charge on any atom is -0.347 e. The van der Waals surface area contributed by atoms with E-state index in [4.69, 9.17) is 11.6 Å². The summed E-state index contributed by atoms with van der Waals surface area (Å²) in [6.07, 6.45) is 3.39. The highest BCUT2D eigenvalue weighted by atomic mass is 35.5. The Morgan fingerprint density at radius 3 is 2.77 bits per heavy atom. The summed E-state index contributed by atoms with van der Waals surface area (Å²) >= 11 is 5.83. The summed E-state index contributed by atoms with van der Waals surface area (Å²) in [6.45, 7) is 0.428. The lowest BCUT2D eigenvalue weighted by molar-refractivity contribution is 0.0946. The maximum Gasteiger partial charge on any atom is 0.269 e. The van der Waals surface area contributed by atoms with Gasteiger partial charge in [-0.15, -0.1) is 0 Å². The second kappa shape index (κ2) is 6.41. The molecule has 0 radical (unpaired) electrons. The van der Waals surface area contributed by atoms with Gasteiger partial charge in [-0.2, -0.15) is 5.10 Å². The highest BCUT2D eigenvalue weighted by molar-refractivity contribution is 6.30. The van der Waals surface area contributed by atoms with Crippen LogP contribution in [0.5, 0.6) is 0 Å². The van der Waals surface area contributed by atoms with Crippen LogP contribution in [0.25, 0.3) is 11.3 Å². The van der Waals surface area contributed by atoms with Gasteiger partial charge in [-0.1, -0.05) is 23.7 Å². The third kappa shape index (κ3) is 3.32. The number of hydrogen-bond acceptors (Lipinski definition) is 3. The minimum absolute atomic E-state index is 0.211. The molecule has 3 rings (SSSR count). The maximum atomic E-state index is 12.1. The number of H-pyrrole nitrogens is 1. The zero-order valence-electron chi connectivity index (χ0n) is 11.6. The van der Waals surface area contributed by atoms with Crippen LogP contribution in [-0.4, -0.2) is 21.1 Å². The van der Waals surface area contributed by atoms with Crippen LogP contribution in [-0.2, 0) is 6.54 Å². The highest BCUT2D eigenvalue weighted by Gasteiger charge is 2.10. The van der Waals surface area contributed by atoms with E-state index in [-0.39, 0.29) is 5.91 Å². The van der Waals surface area contributed by atoms with Gasteiger partial charge in [-0.3, -0.25) is 14.9 Å². The van der Waals surface area contributed by atoms with Crippen LogP contribution in [0.15, 0.2) is 54.9 Å². The average molecular weight is 313 g/mol. The number of benzene rings is 1. The molecule has 0 saturated carbocycles. The molecule has 0 atom stereocenters. The lowest BCUT2D eigenvalue weighted by Gasteiger charge is -2.03. The van der Waals surface area contributed by atoms with E-state index in [1.54, 1.807) is 30.6 Å². The van der Waals surface area contributed by atoms with Crippen molar-refractivity contribution >= 4 is 17.5 Å². The van der Waals surface area contributed by atoms with Crippen molar-refractivity contribution in [3.63, 3.8) is 0 Å². The van der Waals surface area contributed by atoms with Crippen LogP contribution in [0.1, 0.15) is 16.1 Å². The van der Waals surface area contributed by atoms with Crippen molar-refractivity contribution in [3.05, 3.63) is 71.1 Å². The number of nitrogens with zero attached hydrogens (tertiary/aromatic N) is 2. The summed E-state index contributed by atoms with van der Waals surface area (Å²) in [6, 6.07) is 12.7. The van der Waals surface area contributed by atoms with Crippen LogP contribution in [0, 0.1) is 0 Å². The minimum atomic E-state index is -0.211. The van der Waals surface area contributed by atoms with E-state index < -0.39 is 0 Å². The Bertz CT molecular complexity index is 768.